The first-order valence-electron chi connectivity index (χ1n) is 11.4. The van der Waals surface area contributed by atoms with Gasteiger partial charge in [0.2, 0.25) is 0 Å². The Morgan fingerprint density at radius 3 is 2.38 bits per heavy atom. The van der Waals surface area contributed by atoms with Gasteiger partial charge in [-0.25, -0.2) is 9.78 Å². The molecular weight excluding hydrogens is 428 g/mol. The summed E-state index contributed by atoms with van der Waals surface area (Å²) in [6.07, 6.45) is 0.565. The quantitative estimate of drug-likeness (QED) is 0.404. The predicted octanol–water partition coefficient (Wildman–Crippen LogP) is 5.40. The minimum Gasteiger partial charge on any atom is -0.495 e. The number of nitrogens with zero attached hydrogens (tertiary/aromatic N) is 3. The molecule has 4 rings (SSSR count). The van der Waals surface area contributed by atoms with E-state index in [4.69, 9.17) is 9.72 Å². The maximum atomic E-state index is 13.8. The first-order chi connectivity index (χ1) is 16.6. The van der Waals surface area contributed by atoms with Crippen molar-refractivity contribution in [3.8, 4) is 11.4 Å². The number of para-hydroxylation sites is 4. The summed E-state index contributed by atoms with van der Waals surface area (Å²) < 4.78 is 7.15. The Morgan fingerprint density at radius 1 is 1.00 bits per heavy atom. The zero-order chi connectivity index (χ0) is 24.1. The van der Waals surface area contributed by atoms with Gasteiger partial charge in [0.05, 0.1) is 29.7 Å². The molecule has 0 fully saturated rings. The van der Waals surface area contributed by atoms with Crippen molar-refractivity contribution in [3.63, 3.8) is 0 Å². The van der Waals surface area contributed by atoms with E-state index in [1.807, 2.05) is 80.6 Å². The van der Waals surface area contributed by atoms with Gasteiger partial charge in [-0.05, 0) is 49.7 Å². The number of urea groups is 1. The van der Waals surface area contributed by atoms with Crippen molar-refractivity contribution < 1.29 is 9.53 Å². The maximum absolute atomic E-state index is 13.8. The lowest BCUT2D eigenvalue weighted by Gasteiger charge is -2.31. The summed E-state index contributed by atoms with van der Waals surface area (Å²) in [5, 5.41) is 3.46. The summed E-state index contributed by atoms with van der Waals surface area (Å²) in [5.41, 5.74) is 1.67. The van der Waals surface area contributed by atoms with Crippen LogP contribution in [0.25, 0.3) is 16.6 Å². The summed E-state index contributed by atoms with van der Waals surface area (Å²) in [7, 11) is 1.57. The second-order valence-electron chi connectivity index (χ2n) is 7.81. The van der Waals surface area contributed by atoms with Gasteiger partial charge in [-0.2, -0.15) is 0 Å². The van der Waals surface area contributed by atoms with Gasteiger partial charge in [0.15, 0.2) is 0 Å². The van der Waals surface area contributed by atoms with E-state index < -0.39 is 6.04 Å². The molecule has 0 saturated carbocycles. The topological polar surface area (TPSA) is 76.5 Å². The first kappa shape index (κ1) is 23.0. The highest BCUT2D eigenvalue weighted by molar-refractivity contribution is 5.89. The van der Waals surface area contributed by atoms with Gasteiger partial charge in [0.1, 0.15) is 11.6 Å². The molecule has 0 radical (unpaired) electrons. The van der Waals surface area contributed by atoms with E-state index in [0.717, 1.165) is 0 Å². The van der Waals surface area contributed by atoms with Gasteiger partial charge < -0.3 is 15.0 Å². The zero-order valence-corrected chi connectivity index (χ0v) is 19.6. The van der Waals surface area contributed by atoms with Crippen molar-refractivity contribution in [2.75, 3.05) is 19.0 Å². The van der Waals surface area contributed by atoms with Crippen LogP contribution in [0, 0.1) is 0 Å². The van der Waals surface area contributed by atoms with Crippen LogP contribution in [0.3, 0.4) is 0 Å². The van der Waals surface area contributed by atoms with Gasteiger partial charge in [-0.1, -0.05) is 49.4 Å². The third-order valence-electron chi connectivity index (χ3n) is 5.82. The average Bonchev–Trinajstić information content (AvgIpc) is 2.87. The molecule has 3 aromatic carbocycles. The molecule has 34 heavy (non-hydrogen) atoms. The number of methoxy groups -OCH3 is 1. The van der Waals surface area contributed by atoms with Crippen LogP contribution in [0.4, 0.5) is 10.5 Å². The molecule has 1 aromatic heterocycles. The third kappa shape index (κ3) is 4.37. The molecule has 7 nitrogen and oxygen atoms in total. The van der Waals surface area contributed by atoms with Crippen LogP contribution in [-0.2, 0) is 0 Å². The summed E-state index contributed by atoms with van der Waals surface area (Å²) in [6.45, 7) is 4.34. The van der Waals surface area contributed by atoms with Crippen LogP contribution >= 0.6 is 0 Å². The van der Waals surface area contributed by atoms with E-state index in [9.17, 15) is 9.59 Å². The summed E-state index contributed by atoms with van der Waals surface area (Å²) in [4.78, 5) is 33.7. The molecule has 0 spiro atoms. The molecule has 4 aromatic rings. The second kappa shape index (κ2) is 10.2. The number of fused-ring (bicyclic) bond motifs is 1. The van der Waals surface area contributed by atoms with Crippen LogP contribution in [-0.4, -0.2) is 34.1 Å². The van der Waals surface area contributed by atoms with E-state index in [1.165, 1.54) is 0 Å². The highest BCUT2D eigenvalue weighted by Crippen LogP contribution is 2.29. The largest absolute Gasteiger partial charge is 0.495 e. The Morgan fingerprint density at radius 2 is 1.68 bits per heavy atom. The van der Waals surface area contributed by atoms with E-state index in [0.29, 0.717) is 46.8 Å². The van der Waals surface area contributed by atoms with Crippen LogP contribution in [0.5, 0.6) is 5.75 Å². The molecular formula is C27H28N4O3. The Bertz CT molecular complexity index is 1350. The number of benzene rings is 3. The Hall–Kier alpha value is -4.13. The molecule has 0 aliphatic rings. The number of ether oxygens (including phenoxy) is 1. The molecule has 0 bridgehead atoms. The highest BCUT2D eigenvalue weighted by Gasteiger charge is 2.29. The van der Waals surface area contributed by atoms with E-state index in [2.05, 4.69) is 5.32 Å². The van der Waals surface area contributed by atoms with Crippen LogP contribution in [0.2, 0.25) is 0 Å². The molecule has 0 saturated heterocycles. The third-order valence-corrected chi connectivity index (χ3v) is 5.82. The van der Waals surface area contributed by atoms with Gasteiger partial charge >= 0.3 is 6.03 Å². The number of rotatable bonds is 7. The van der Waals surface area contributed by atoms with Crippen molar-refractivity contribution in [2.24, 2.45) is 0 Å². The molecule has 0 aliphatic heterocycles. The number of nitrogens with one attached hydrogen (secondary N) is 1. The molecule has 0 aliphatic carbocycles. The maximum Gasteiger partial charge on any atom is 0.322 e. The van der Waals surface area contributed by atoms with E-state index in [-0.39, 0.29) is 11.6 Å². The molecule has 1 N–H and O–H groups in total. The van der Waals surface area contributed by atoms with Crippen molar-refractivity contribution >= 4 is 22.6 Å². The monoisotopic (exact) mass is 456 g/mol. The molecule has 174 valence electrons. The fourth-order valence-corrected chi connectivity index (χ4v) is 4.19. The van der Waals surface area contributed by atoms with Crippen LogP contribution in [0.1, 0.15) is 32.1 Å². The van der Waals surface area contributed by atoms with Gasteiger partial charge in [0.25, 0.3) is 5.56 Å². The fourth-order valence-electron chi connectivity index (χ4n) is 4.19. The number of amides is 2. The molecule has 1 atom stereocenters. The molecule has 7 heteroatoms. The van der Waals surface area contributed by atoms with Gasteiger partial charge in [-0.15, -0.1) is 0 Å². The van der Waals surface area contributed by atoms with E-state index in [1.54, 1.807) is 28.7 Å². The highest BCUT2D eigenvalue weighted by atomic mass is 16.5. The number of hydrogen-bond donors (Lipinski definition) is 1. The van der Waals surface area contributed by atoms with Crippen molar-refractivity contribution in [1.82, 2.24) is 14.5 Å². The lowest BCUT2D eigenvalue weighted by molar-refractivity contribution is 0.185. The lowest BCUT2D eigenvalue weighted by Crippen LogP contribution is -2.40. The van der Waals surface area contributed by atoms with Gasteiger partial charge in [-0.3, -0.25) is 9.36 Å². The summed E-state index contributed by atoms with van der Waals surface area (Å²) >= 11 is 0. The average molecular weight is 457 g/mol. The van der Waals surface area contributed by atoms with Crippen molar-refractivity contribution in [1.29, 1.82) is 0 Å². The number of aromatic nitrogens is 2. The van der Waals surface area contributed by atoms with Crippen molar-refractivity contribution in [3.05, 3.63) is 95.0 Å². The Labute approximate surface area is 198 Å². The summed E-state index contributed by atoms with van der Waals surface area (Å²) in [6, 6.07) is 23.2. The zero-order valence-electron chi connectivity index (χ0n) is 19.6. The first-order valence-corrected chi connectivity index (χ1v) is 11.4. The lowest BCUT2D eigenvalue weighted by atomic mass is 10.1. The minimum absolute atomic E-state index is 0.205. The fraction of sp³-hybridized carbons (Fsp3) is 0.222. The van der Waals surface area contributed by atoms with Gasteiger partial charge in [0, 0.05) is 12.2 Å². The predicted molar refractivity (Wildman–Crippen MR) is 135 cm³/mol. The molecule has 1 unspecified atom stereocenters. The Kier molecular flexibility index (Phi) is 6.92. The number of carbonyl (C=O) groups is 1. The Balaban J connectivity index is 1.90. The molecule has 1 heterocycles. The van der Waals surface area contributed by atoms with Crippen LogP contribution < -0.4 is 15.6 Å². The number of anilines is 1. The number of hydrogen-bond acceptors (Lipinski definition) is 4. The summed E-state index contributed by atoms with van der Waals surface area (Å²) in [5.74, 6) is 1.04. The van der Waals surface area contributed by atoms with Crippen LogP contribution in [0.15, 0.2) is 83.7 Å². The molecule has 2 amide bonds. The number of carbonyl (C=O) groups excluding carboxylic acids is 1. The normalized spacial score (nSPS) is 11.7. The van der Waals surface area contributed by atoms with Crippen molar-refractivity contribution in [2.45, 2.75) is 26.3 Å². The SMILES string of the molecule is CCC(c1nc2ccccc2c(=O)n1-c1ccccc1OC)N(CC)C(=O)Nc1ccccc1. The standard InChI is InChI=1S/C27H28N4O3/c1-4-22(30(5-2)27(33)28-19-13-7-6-8-14-19)25-29-21-16-10-9-15-20(21)26(32)31(25)23-17-11-12-18-24(23)34-3/h6-18,22H,4-5H2,1-3H3,(H,28,33). The minimum atomic E-state index is -0.448. The van der Waals surface area contributed by atoms with E-state index >= 15 is 0 Å². The second-order valence-corrected chi connectivity index (χ2v) is 7.81. The smallest absolute Gasteiger partial charge is 0.322 e.